The van der Waals surface area contributed by atoms with Crippen molar-refractivity contribution in [1.82, 2.24) is 4.98 Å². The Morgan fingerprint density at radius 2 is 1.84 bits per heavy atom. The molecule has 32 heavy (non-hydrogen) atoms. The predicted molar refractivity (Wildman–Crippen MR) is 122 cm³/mol. The molecule has 1 N–H and O–H groups in total. The van der Waals surface area contributed by atoms with Gasteiger partial charge in [0.2, 0.25) is 0 Å². The third kappa shape index (κ3) is 5.72. The second kappa shape index (κ2) is 9.64. The van der Waals surface area contributed by atoms with Crippen molar-refractivity contribution in [3.8, 4) is 28.4 Å². The molecule has 0 radical (unpaired) electrons. The van der Waals surface area contributed by atoms with Crippen molar-refractivity contribution < 1.29 is 24.2 Å². The highest BCUT2D eigenvalue weighted by Gasteiger charge is 2.21. The summed E-state index contributed by atoms with van der Waals surface area (Å²) in [4.78, 5) is 27.5. The van der Waals surface area contributed by atoms with Crippen LogP contribution in [0, 0.1) is 12.3 Å². The summed E-state index contributed by atoms with van der Waals surface area (Å²) in [5.74, 6) is 0.799. The molecule has 1 aromatic heterocycles. The first-order chi connectivity index (χ1) is 15.2. The molecular formula is C26H27NO5. The van der Waals surface area contributed by atoms with Gasteiger partial charge in [-0.25, -0.2) is 0 Å². The number of rotatable bonds is 8. The highest BCUT2D eigenvalue weighted by Crippen LogP contribution is 2.33. The van der Waals surface area contributed by atoms with Crippen LogP contribution in [0.25, 0.3) is 11.1 Å². The summed E-state index contributed by atoms with van der Waals surface area (Å²) in [7, 11) is 0. The van der Waals surface area contributed by atoms with Crippen LogP contribution in [-0.2, 0) is 11.4 Å². The maximum Gasteiger partial charge on any atom is 0.298 e. The second-order valence-corrected chi connectivity index (χ2v) is 8.81. The fourth-order valence-electron chi connectivity index (χ4n) is 3.33. The van der Waals surface area contributed by atoms with E-state index in [-0.39, 0.29) is 23.6 Å². The molecule has 0 atom stereocenters. The van der Waals surface area contributed by atoms with E-state index in [4.69, 9.17) is 9.47 Å². The van der Waals surface area contributed by atoms with E-state index < -0.39 is 0 Å². The van der Waals surface area contributed by atoms with Crippen molar-refractivity contribution in [2.24, 2.45) is 5.41 Å². The molecule has 3 rings (SSSR count). The van der Waals surface area contributed by atoms with Crippen LogP contribution in [0.2, 0.25) is 0 Å². The van der Waals surface area contributed by atoms with Gasteiger partial charge in [0.25, 0.3) is 6.47 Å². The largest absolute Gasteiger partial charge is 0.507 e. The smallest absolute Gasteiger partial charge is 0.298 e. The third-order valence-corrected chi connectivity index (χ3v) is 4.92. The molecule has 0 amide bonds. The molecule has 3 aromatic rings. The lowest BCUT2D eigenvalue weighted by Gasteiger charge is -2.18. The van der Waals surface area contributed by atoms with Gasteiger partial charge in [-0.05, 0) is 59.9 Å². The fourth-order valence-corrected chi connectivity index (χ4v) is 3.33. The molecule has 0 bridgehead atoms. The number of phenolic OH excluding ortho intramolecular Hbond substituents is 1. The quantitative estimate of drug-likeness (QED) is 0.373. The Morgan fingerprint density at radius 1 is 1.09 bits per heavy atom. The Bertz CT molecular complexity index is 1130. The van der Waals surface area contributed by atoms with E-state index in [0.29, 0.717) is 41.2 Å². The Kier molecular flexibility index (Phi) is 6.93. The summed E-state index contributed by atoms with van der Waals surface area (Å²) < 4.78 is 10.8. The van der Waals surface area contributed by atoms with E-state index in [9.17, 15) is 14.7 Å². The zero-order valence-corrected chi connectivity index (χ0v) is 18.7. The fraction of sp³-hybridized carbons (Fsp3) is 0.269. The molecule has 2 aromatic carbocycles. The van der Waals surface area contributed by atoms with Crippen molar-refractivity contribution in [3.05, 3.63) is 71.5 Å². The monoisotopic (exact) mass is 433 g/mol. The van der Waals surface area contributed by atoms with Gasteiger partial charge in [0.1, 0.15) is 23.9 Å². The number of ketones is 1. The average molecular weight is 434 g/mol. The van der Waals surface area contributed by atoms with Gasteiger partial charge in [0.15, 0.2) is 5.78 Å². The zero-order valence-electron chi connectivity index (χ0n) is 18.7. The zero-order chi connectivity index (χ0) is 23.3. The van der Waals surface area contributed by atoms with Crippen LogP contribution >= 0.6 is 0 Å². The summed E-state index contributed by atoms with van der Waals surface area (Å²) in [5.41, 5.74) is 3.13. The Labute approximate surface area is 187 Å². The highest BCUT2D eigenvalue weighted by molar-refractivity contribution is 5.99. The van der Waals surface area contributed by atoms with E-state index in [0.717, 1.165) is 11.1 Å². The summed E-state index contributed by atoms with van der Waals surface area (Å²) in [6.07, 6.45) is 2.02. The summed E-state index contributed by atoms with van der Waals surface area (Å²) in [5, 5.41) is 10.6. The van der Waals surface area contributed by atoms with E-state index in [2.05, 4.69) is 4.98 Å². The molecular weight excluding hydrogens is 406 g/mol. The molecule has 0 unspecified atom stereocenters. The molecule has 166 valence electrons. The Hall–Kier alpha value is -3.67. The highest BCUT2D eigenvalue weighted by atomic mass is 16.5. The van der Waals surface area contributed by atoms with Crippen molar-refractivity contribution >= 4 is 12.3 Å². The lowest BCUT2D eigenvalue weighted by molar-refractivity contribution is -0.120. The van der Waals surface area contributed by atoms with E-state index in [1.54, 1.807) is 43.5 Å². The van der Waals surface area contributed by atoms with Crippen LogP contribution in [0.1, 0.15) is 48.8 Å². The summed E-state index contributed by atoms with van der Waals surface area (Å²) in [6, 6.07) is 14.2. The molecule has 0 saturated carbocycles. The molecule has 0 aliphatic rings. The van der Waals surface area contributed by atoms with Crippen molar-refractivity contribution in [3.63, 3.8) is 0 Å². The Balaban J connectivity index is 1.75. The first kappa shape index (κ1) is 23.0. The predicted octanol–water partition coefficient (Wildman–Crippen LogP) is 5.50. The number of ether oxygens (including phenoxy) is 2. The van der Waals surface area contributed by atoms with Gasteiger partial charge in [-0.3, -0.25) is 14.6 Å². The van der Waals surface area contributed by atoms with Crippen molar-refractivity contribution in [1.29, 1.82) is 0 Å². The van der Waals surface area contributed by atoms with Crippen LogP contribution in [0.5, 0.6) is 17.2 Å². The first-order valence-corrected chi connectivity index (χ1v) is 10.3. The lowest BCUT2D eigenvalue weighted by atomic mass is 9.87. The molecule has 1 heterocycles. The third-order valence-electron chi connectivity index (χ3n) is 4.92. The number of carbonyl (C=O) groups is 2. The van der Waals surface area contributed by atoms with E-state index >= 15 is 0 Å². The molecule has 0 saturated heterocycles. The number of nitrogens with zero attached hydrogens (tertiary/aromatic N) is 1. The summed E-state index contributed by atoms with van der Waals surface area (Å²) >= 11 is 0. The second-order valence-electron chi connectivity index (χ2n) is 8.81. The molecule has 0 spiro atoms. The maximum atomic E-state index is 12.5. The topological polar surface area (TPSA) is 85.7 Å². The number of pyridine rings is 1. The van der Waals surface area contributed by atoms with Crippen LogP contribution in [0.15, 0.2) is 54.7 Å². The van der Waals surface area contributed by atoms with Gasteiger partial charge in [-0.2, -0.15) is 0 Å². The van der Waals surface area contributed by atoms with Crippen molar-refractivity contribution in [2.75, 3.05) is 0 Å². The molecule has 0 aliphatic carbocycles. The van der Waals surface area contributed by atoms with Crippen LogP contribution in [0.4, 0.5) is 0 Å². The normalized spacial score (nSPS) is 11.1. The lowest BCUT2D eigenvalue weighted by Crippen LogP contribution is -2.13. The van der Waals surface area contributed by atoms with Gasteiger partial charge >= 0.3 is 0 Å². The minimum absolute atomic E-state index is 0.0505. The van der Waals surface area contributed by atoms with Crippen LogP contribution < -0.4 is 9.47 Å². The number of aromatic hydroxyl groups is 1. The minimum atomic E-state index is -0.165. The molecule has 6 nitrogen and oxygen atoms in total. The van der Waals surface area contributed by atoms with Gasteiger partial charge in [-0.1, -0.05) is 32.9 Å². The van der Waals surface area contributed by atoms with Crippen molar-refractivity contribution in [2.45, 2.75) is 40.7 Å². The number of Topliss-reactive ketones (excluding diaryl/α,β-unsaturated/α-hetero) is 1. The minimum Gasteiger partial charge on any atom is -0.507 e. The average Bonchev–Trinajstić information content (AvgIpc) is 2.74. The number of hydrogen-bond acceptors (Lipinski definition) is 6. The first-order valence-electron chi connectivity index (χ1n) is 10.3. The molecule has 0 fully saturated rings. The number of benzene rings is 2. The summed E-state index contributed by atoms with van der Waals surface area (Å²) in [6.45, 7) is 8.26. The maximum absolute atomic E-state index is 12.5. The standard InChI is InChI=1S/C26H27NO5/c1-17-24(9-8-22(25(17)30)23(29)14-26(2,3)4)31-15-20-12-19(10-11-27-20)18-6-5-7-21(13-18)32-16-28/h5-13,16,30H,14-15H2,1-4H3. The Morgan fingerprint density at radius 3 is 2.56 bits per heavy atom. The van der Waals surface area contributed by atoms with E-state index in [1.807, 2.05) is 39.0 Å². The van der Waals surface area contributed by atoms with E-state index in [1.165, 1.54) is 0 Å². The SMILES string of the molecule is Cc1c(OCc2cc(-c3cccc(OC=O)c3)ccn2)ccc(C(=O)CC(C)(C)C)c1O. The van der Waals surface area contributed by atoms with Gasteiger partial charge in [0, 0.05) is 18.2 Å². The molecule has 0 aliphatic heterocycles. The van der Waals surface area contributed by atoms with Gasteiger partial charge in [0.05, 0.1) is 11.3 Å². The van der Waals surface area contributed by atoms with Crippen LogP contribution in [-0.4, -0.2) is 22.3 Å². The molecule has 6 heteroatoms. The number of carbonyl (C=O) groups excluding carboxylic acids is 2. The van der Waals surface area contributed by atoms with Gasteiger partial charge < -0.3 is 14.6 Å². The number of hydrogen-bond donors (Lipinski definition) is 1. The number of phenols is 1. The number of aromatic nitrogens is 1. The van der Waals surface area contributed by atoms with Gasteiger partial charge in [-0.15, -0.1) is 0 Å². The van der Waals surface area contributed by atoms with Crippen LogP contribution in [0.3, 0.4) is 0 Å².